The maximum absolute atomic E-state index is 6.22. The van der Waals surface area contributed by atoms with Gasteiger partial charge in [-0.25, -0.2) is 0 Å². The van der Waals surface area contributed by atoms with Crippen molar-refractivity contribution < 1.29 is 4.74 Å². The predicted octanol–water partition coefficient (Wildman–Crippen LogP) is 3.96. The molecule has 1 fully saturated rings. The first-order chi connectivity index (χ1) is 8.25. The fraction of sp³-hybridized carbons (Fsp3) is 0.538. The molecular formula is C13H15Cl2NO. The first-order valence-corrected chi connectivity index (χ1v) is 6.88. The largest absolute Gasteiger partial charge is 0.492 e. The van der Waals surface area contributed by atoms with E-state index in [2.05, 4.69) is 5.32 Å². The molecule has 1 aromatic rings. The van der Waals surface area contributed by atoms with Gasteiger partial charge in [-0.1, -0.05) is 29.3 Å². The van der Waals surface area contributed by atoms with E-state index in [1.165, 1.54) is 12.8 Å². The van der Waals surface area contributed by atoms with E-state index in [-0.39, 0.29) is 0 Å². The van der Waals surface area contributed by atoms with Gasteiger partial charge in [-0.05, 0) is 31.7 Å². The monoisotopic (exact) mass is 271 g/mol. The Hall–Kier alpha value is -0.440. The highest BCUT2D eigenvalue weighted by molar-refractivity contribution is 6.43. The van der Waals surface area contributed by atoms with Gasteiger partial charge in [-0.3, -0.25) is 0 Å². The summed E-state index contributed by atoms with van der Waals surface area (Å²) in [6.07, 6.45) is 4.72. The standard InChI is InChI=1S/C13H15Cl2NO/c14-10-6-5-9-11(16-8-3-4-8)2-1-7-17-13(9)12(10)15/h5-6,8,11,16H,1-4,7H2. The third kappa shape index (κ3) is 2.40. The van der Waals surface area contributed by atoms with Gasteiger partial charge in [0, 0.05) is 17.6 Å². The molecule has 0 radical (unpaired) electrons. The number of ether oxygens (including phenoxy) is 1. The zero-order valence-electron chi connectivity index (χ0n) is 9.51. The number of hydrogen-bond donors (Lipinski definition) is 1. The van der Waals surface area contributed by atoms with Crippen LogP contribution < -0.4 is 10.1 Å². The molecule has 1 heterocycles. The van der Waals surface area contributed by atoms with Crippen LogP contribution in [0.5, 0.6) is 5.75 Å². The van der Waals surface area contributed by atoms with E-state index in [1.54, 1.807) is 0 Å². The van der Waals surface area contributed by atoms with E-state index >= 15 is 0 Å². The molecule has 3 rings (SSSR count). The fourth-order valence-corrected chi connectivity index (χ4v) is 2.67. The number of nitrogens with one attached hydrogen (secondary N) is 1. The summed E-state index contributed by atoms with van der Waals surface area (Å²) in [5.74, 6) is 0.773. The Labute approximate surface area is 111 Å². The number of benzene rings is 1. The van der Waals surface area contributed by atoms with Crippen LogP contribution >= 0.6 is 23.2 Å². The molecule has 0 spiro atoms. The molecule has 17 heavy (non-hydrogen) atoms. The SMILES string of the molecule is Clc1ccc2c(c1Cl)OCCCC2NC1CC1. The molecule has 4 heteroatoms. The number of rotatable bonds is 2. The van der Waals surface area contributed by atoms with Gasteiger partial charge in [0.1, 0.15) is 10.8 Å². The van der Waals surface area contributed by atoms with E-state index in [4.69, 9.17) is 27.9 Å². The molecule has 1 aliphatic carbocycles. The Kier molecular flexibility index (Phi) is 3.20. The molecule has 2 aliphatic rings. The molecule has 0 saturated heterocycles. The second kappa shape index (κ2) is 4.68. The van der Waals surface area contributed by atoms with Crippen LogP contribution in [0.1, 0.15) is 37.3 Å². The van der Waals surface area contributed by atoms with Gasteiger partial charge in [0.15, 0.2) is 0 Å². The molecule has 1 aromatic carbocycles. The Morgan fingerprint density at radius 1 is 1.18 bits per heavy atom. The lowest BCUT2D eigenvalue weighted by Crippen LogP contribution is -2.23. The first-order valence-electron chi connectivity index (χ1n) is 6.12. The molecule has 1 aliphatic heterocycles. The molecule has 0 aromatic heterocycles. The zero-order chi connectivity index (χ0) is 11.8. The number of fused-ring (bicyclic) bond motifs is 1. The summed E-state index contributed by atoms with van der Waals surface area (Å²) < 4.78 is 5.74. The highest BCUT2D eigenvalue weighted by Gasteiger charge is 2.29. The van der Waals surface area contributed by atoms with E-state index in [1.807, 2.05) is 12.1 Å². The summed E-state index contributed by atoms with van der Waals surface area (Å²) in [5, 5.41) is 4.77. The Balaban J connectivity index is 1.96. The molecule has 1 unspecified atom stereocenters. The molecule has 0 amide bonds. The van der Waals surface area contributed by atoms with Crippen LogP contribution in [0.15, 0.2) is 12.1 Å². The van der Waals surface area contributed by atoms with Gasteiger partial charge >= 0.3 is 0 Å². The zero-order valence-corrected chi connectivity index (χ0v) is 11.0. The summed E-state index contributed by atoms with van der Waals surface area (Å²) in [6.45, 7) is 0.718. The minimum absolute atomic E-state index is 0.356. The Bertz CT molecular complexity index is 432. The maximum atomic E-state index is 6.22. The Morgan fingerprint density at radius 2 is 2.00 bits per heavy atom. The van der Waals surface area contributed by atoms with Gasteiger partial charge in [0.2, 0.25) is 0 Å². The van der Waals surface area contributed by atoms with Gasteiger partial charge in [0.25, 0.3) is 0 Å². The average Bonchev–Trinajstić information content (AvgIpc) is 3.13. The second-order valence-electron chi connectivity index (χ2n) is 4.76. The minimum Gasteiger partial charge on any atom is -0.492 e. The lowest BCUT2D eigenvalue weighted by Gasteiger charge is -2.19. The van der Waals surface area contributed by atoms with Gasteiger partial charge in [-0.2, -0.15) is 0 Å². The van der Waals surface area contributed by atoms with Gasteiger partial charge < -0.3 is 10.1 Å². The van der Waals surface area contributed by atoms with E-state index in [0.29, 0.717) is 22.1 Å². The molecule has 92 valence electrons. The van der Waals surface area contributed by atoms with Gasteiger partial charge in [-0.15, -0.1) is 0 Å². The van der Waals surface area contributed by atoms with Crippen LogP contribution in [0.25, 0.3) is 0 Å². The number of hydrogen-bond acceptors (Lipinski definition) is 2. The quantitative estimate of drug-likeness (QED) is 0.879. The van der Waals surface area contributed by atoms with Crippen molar-refractivity contribution in [1.29, 1.82) is 0 Å². The average molecular weight is 272 g/mol. The van der Waals surface area contributed by atoms with Crippen LogP contribution in [0.2, 0.25) is 10.0 Å². The van der Waals surface area contributed by atoms with Crippen molar-refractivity contribution in [1.82, 2.24) is 5.32 Å². The summed E-state index contributed by atoms with van der Waals surface area (Å²) >= 11 is 12.2. The molecule has 1 atom stereocenters. The normalized spacial score (nSPS) is 23.8. The van der Waals surface area contributed by atoms with E-state index in [0.717, 1.165) is 30.8 Å². The van der Waals surface area contributed by atoms with Crippen molar-refractivity contribution in [3.63, 3.8) is 0 Å². The molecular weight excluding hydrogens is 257 g/mol. The minimum atomic E-state index is 0.356. The summed E-state index contributed by atoms with van der Waals surface area (Å²) in [7, 11) is 0. The third-order valence-corrected chi connectivity index (χ3v) is 4.14. The second-order valence-corrected chi connectivity index (χ2v) is 5.55. The van der Waals surface area contributed by atoms with Crippen LogP contribution in [0.4, 0.5) is 0 Å². The summed E-state index contributed by atoms with van der Waals surface area (Å²) in [6, 6.07) is 4.93. The lowest BCUT2D eigenvalue weighted by atomic mass is 10.0. The van der Waals surface area contributed by atoms with Crippen molar-refractivity contribution in [2.24, 2.45) is 0 Å². The van der Waals surface area contributed by atoms with Gasteiger partial charge in [0.05, 0.1) is 11.6 Å². The van der Waals surface area contributed by atoms with Crippen molar-refractivity contribution in [2.75, 3.05) is 6.61 Å². The molecule has 1 saturated carbocycles. The van der Waals surface area contributed by atoms with E-state index < -0.39 is 0 Å². The summed E-state index contributed by atoms with van der Waals surface area (Å²) in [5.41, 5.74) is 1.16. The van der Waals surface area contributed by atoms with Crippen molar-refractivity contribution in [3.05, 3.63) is 27.7 Å². The molecule has 1 N–H and O–H groups in total. The van der Waals surface area contributed by atoms with Crippen LogP contribution in [0.3, 0.4) is 0 Å². The smallest absolute Gasteiger partial charge is 0.144 e. The number of halogens is 2. The van der Waals surface area contributed by atoms with E-state index in [9.17, 15) is 0 Å². The van der Waals surface area contributed by atoms with Crippen molar-refractivity contribution in [2.45, 2.75) is 37.8 Å². The maximum Gasteiger partial charge on any atom is 0.144 e. The Morgan fingerprint density at radius 3 is 2.76 bits per heavy atom. The molecule has 0 bridgehead atoms. The fourth-order valence-electron chi connectivity index (χ4n) is 2.29. The topological polar surface area (TPSA) is 21.3 Å². The first kappa shape index (κ1) is 11.6. The third-order valence-electron chi connectivity index (χ3n) is 3.35. The van der Waals surface area contributed by atoms with Crippen molar-refractivity contribution in [3.8, 4) is 5.75 Å². The lowest BCUT2D eigenvalue weighted by molar-refractivity contribution is 0.315. The van der Waals surface area contributed by atoms with Crippen LogP contribution in [-0.4, -0.2) is 12.6 Å². The van der Waals surface area contributed by atoms with Crippen LogP contribution in [0, 0.1) is 0 Å². The predicted molar refractivity (Wildman–Crippen MR) is 70.1 cm³/mol. The van der Waals surface area contributed by atoms with Crippen molar-refractivity contribution >= 4 is 23.2 Å². The molecule has 2 nitrogen and oxygen atoms in total. The van der Waals surface area contributed by atoms with Crippen LogP contribution in [-0.2, 0) is 0 Å². The summed E-state index contributed by atoms with van der Waals surface area (Å²) in [4.78, 5) is 0. The highest BCUT2D eigenvalue weighted by Crippen LogP contribution is 2.41. The highest BCUT2D eigenvalue weighted by atomic mass is 35.5.